The van der Waals surface area contributed by atoms with Crippen molar-refractivity contribution in [3.63, 3.8) is 0 Å². The fourth-order valence-electron chi connectivity index (χ4n) is 2.36. The normalized spacial score (nSPS) is 16.4. The summed E-state index contributed by atoms with van der Waals surface area (Å²) in [6.07, 6.45) is -2.97. The molecule has 2 rings (SSSR count). The molecule has 0 unspecified atom stereocenters. The molecule has 1 aliphatic heterocycles. The van der Waals surface area contributed by atoms with E-state index in [1.807, 2.05) is 0 Å². The third-order valence-corrected chi connectivity index (χ3v) is 3.69. The number of aromatic nitrogens is 1. The number of halogens is 3. The summed E-state index contributed by atoms with van der Waals surface area (Å²) < 4.78 is 46.5. The molecule has 2 heterocycles. The molecule has 26 heavy (non-hydrogen) atoms. The van der Waals surface area contributed by atoms with Gasteiger partial charge >= 0.3 is 6.18 Å². The van der Waals surface area contributed by atoms with Crippen molar-refractivity contribution in [2.75, 3.05) is 53.0 Å². The summed E-state index contributed by atoms with van der Waals surface area (Å²) in [5.41, 5.74) is 0.744. The average molecular weight is 375 g/mol. The Kier molecular flexibility index (Phi) is 7.92. The molecule has 10 heteroatoms. The molecule has 7 nitrogen and oxygen atoms in total. The van der Waals surface area contributed by atoms with Crippen LogP contribution in [0.4, 0.5) is 13.2 Å². The summed E-state index contributed by atoms with van der Waals surface area (Å²) in [5, 5.41) is 6.32. The van der Waals surface area contributed by atoms with Gasteiger partial charge in [0.25, 0.3) is 0 Å². The zero-order valence-corrected chi connectivity index (χ0v) is 14.7. The predicted molar refractivity (Wildman–Crippen MR) is 91.2 cm³/mol. The monoisotopic (exact) mass is 375 g/mol. The fraction of sp³-hybridized carbons (Fsp3) is 0.625. The molecule has 1 aromatic rings. The van der Waals surface area contributed by atoms with Crippen molar-refractivity contribution in [1.29, 1.82) is 0 Å². The Morgan fingerprint density at radius 1 is 1.35 bits per heavy atom. The molecule has 146 valence electrons. The zero-order valence-electron chi connectivity index (χ0n) is 14.7. The first-order chi connectivity index (χ1) is 12.5. The van der Waals surface area contributed by atoms with Crippen LogP contribution in [0.3, 0.4) is 0 Å². The SMILES string of the molecule is CN=C(NCCN1CCOCC1)NCc1ccnc(OCC(F)(F)F)c1. The smallest absolute Gasteiger partial charge is 0.422 e. The third-order valence-electron chi connectivity index (χ3n) is 3.69. The highest BCUT2D eigenvalue weighted by atomic mass is 19.4. The van der Waals surface area contributed by atoms with Crippen LogP contribution >= 0.6 is 0 Å². The molecule has 0 aromatic carbocycles. The lowest BCUT2D eigenvalue weighted by Crippen LogP contribution is -2.44. The second-order valence-electron chi connectivity index (χ2n) is 5.71. The number of ether oxygens (including phenoxy) is 2. The lowest BCUT2D eigenvalue weighted by molar-refractivity contribution is -0.154. The predicted octanol–water partition coefficient (Wildman–Crippen LogP) is 1.02. The van der Waals surface area contributed by atoms with Gasteiger partial charge in [-0.15, -0.1) is 0 Å². The van der Waals surface area contributed by atoms with Crippen LogP contribution in [0.25, 0.3) is 0 Å². The minimum Gasteiger partial charge on any atom is -0.468 e. The molecule has 0 atom stereocenters. The van der Waals surface area contributed by atoms with E-state index < -0.39 is 12.8 Å². The molecule has 0 saturated carbocycles. The van der Waals surface area contributed by atoms with Gasteiger partial charge in [0.2, 0.25) is 5.88 Å². The topological polar surface area (TPSA) is 71.0 Å². The summed E-state index contributed by atoms with van der Waals surface area (Å²) in [5.74, 6) is 0.560. The molecule has 0 spiro atoms. The molecule has 0 bridgehead atoms. The van der Waals surface area contributed by atoms with Gasteiger partial charge in [0, 0.05) is 52.0 Å². The van der Waals surface area contributed by atoms with E-state index in [-0.39, 0.29) is 5.88 Å². The largest absolute Gasteiger partial charge is 0.468 e. The average Bonchev–Trinajstić information content (AvgIpc) is 2.63. The van der Waals surface area contributed by atoms with Gasteiger partial charge in [-0.3, -0.25) is 9.89 Å². The Balaban J connectivity index is 1.73. The maximum atomic E-state index is 12.2. The van der Waals surface area contributed by atoms with Gasteiger partial charge in [-0.2, -0.15) is 13.2 Å². The number of hydrogen-bond acceptors (Lipinski definition) is 5. The molecule has 0 radical (unpaired) electrons. The van der Waals surface area contributed by atoms with E-state index >= 15 is 0 Å². The number of hydrogen-bond donors (Lipinski definition) is 2. The fourth-order valence-corrected chi connectivity index (χ4v) is 2.36. The Morgan fingerprint density at radius 3 is 2.81 bits per heavy atom. The lowest BCUT2D eigenvalue weighted by atomic mass is 10.2. The van der Waals surface area contributed by atoms with Crippen LogP contribution in [0.15, 0.2) is 23.3 Å². The first kappa shape index (κ1) is 20.2. The summed E-state index contributed by atoms with van der Waals surface area (Å²) in [6, 6.07) is 3.17. The molecule has 0 aliphatic carbocycles. The van der Waals surface area contributed by atoms with Crippen LogP contribution in [-0.2, 0) is 11.3 Å². The van der Waals surface area contributed by atoms with E-state index in [0.717, 1.165) is 45.0 Å². The van der Waals surface area contributed by atoms with Gasteiger partial charge in [-0.05, 0) is 11.6 Å². The standard InChI is InChI=1S/C16H24F3N5O2/c1-20-15(22-4-5-24-6-8-25-9-7-24)23-11-13-2-3-21-14(10-13)26-12-16(17,18)19/h2-3,10H,4-9,11-12H2,1H3,(H2,20,22,23). The van der Waals surface area contributed by atoms with Gasteiger partial charge in [0.15, 0.2) is 12.6 Å². The van der Waals surface area contributed by atoms with Crippen LogP contribution in [0.2, 0.25) is 0 Å². The summed E-state index contributed by atoms with van der Waals surface area (Å²) in [6.45, 7) is 4.01. The van der Waals surface area contributed by atoms with Gasteiger partial charge in [-0.1, -0.05) is 0 Å². The second kappa shape index (κ2) is 10.2. The van der Waals surface area contributed by atoms with Gasteiger partial charge in [0.05, 0.1) is 13.2 Å². The van der Waals surface area contributed by atoms with Crippen LogP contribution < -0.4 is 15.4 Å². The number of guanidine groups is 1. The molecule has 1 saturated heterocycles. The van der Waals surface area contributed by atoms with Crippen molar-refractivity contribution in [3.05, 3.63) is 23.9 Å². The zero-order chi connectivity index (χ0) is 18.8. The molecule has 2 N–H and O–H groups in total. The number of rotatable bonds is 7. The Morgan fingerprint density at radius 2 is 2.12 bits per heavy atom. The summed E-state index contributed by atoms with van der Waals surface area (Å²) >= 11 is 0. The van der Waals surface area contributed by atoms with E-state index in [2.05, 4.69) is 30.2 Å². The van der Waals surface area contributed by atoms with E-state index in [4.69, 9.17) is 4.74 Å². The number of aliphatic imine (C=N–C) groups is 1. The van der Waals surface area contributed by atoms with Crippen LogP contribution in [0, 0.1) is 0 Å². The lowest BCUT2D eigenvalue weighted by Gasteiger charge is -2.26. The molecule has 1 fully saturated rings. The number of nitrogens with zero attached hydrogens (tertiary/aromatic N) is 3. The van der Waals surface area contributed by atoms with Crippen molar-refractivity contribution in [3.8, 4) is 5.88 Å². The van der Waals surface area contributed by atoms with Crippen LogP contribution in [0.5, 0.6) is 5.88 Å². The van der Waals surface area contributed by atoms with Crippen molar-refractivity contribution in [2.24, 2.45) is 4.99 Å². The highest BCUT2D eigenvalue weighted by molar-refractivity contribution is 5.79. The molecular weight excluding hydrogens is 351 g/mol. The van der Waals surface area contributed by atoms with Crippen molar-refractivity contribution >= 4 is 5.96 Å². The molecule has 1 aromatic heterocycles. The first-order valence-electron chi connectivity index (χ1n) is 8.35. The molecular formula is C16H24F3N5O2. The minimum atomic E-state index is -4.39. The van der Waals surface area contributed by atoms with Crippen molar-refractivity contribution < 1.29 is 22.6 Å². The van der Waals surface area contributed by atoms with Crippen molar-refractivity contribution in [1.82, 2.24) is 20.5 Å². The van der Waals surface area contributed by atoms with Gasteiger partial charge in [0.1, 0.15) is 0 Å². The van der Waals surface area contributed by atoms with Gasteiger partial charge < -0.3 is 20.1 Å². The maximum absolute atomic E-state index is 12.2. The Hall–Kier alpha value is -2.07. The number of nitrogens with one attached hydrogen (secondary N) is 2. The van der Waals surface area contributed by atoms with Crippen LogP contribution in [-0.4, -0.2) is 75.1 Å². The second-order valence-corrected chi connectivity index (χ2v) is 5.71. The summed E-state index contributed by atoms with van der Waals surface area (Å²) in [4.78, 5) is 10.2. The van der Waals surface area contributed by atoms with E-state index in [1.165, 1.54) is 12.3 Å². The van der Waals surface area contributed by atoms with Crippen LogP contribution in [0.1, 0.15) is 5.56 Å². The van der Waals surface area contributed by atoms with E-state index in [1.54, 1.807) is 13.1 Å². The molecule has 0 amide bonds. The number of alkyl halides is 3. The van der Waals surface area contributed by atoms with E-state index in [0.29, 0.717) is 12.5 Å². The van der Waals surface area contributed by atoms with Gasteiger partial charge in [-0.25, -0.2) is 4.98 Å². The number of morpholine rings is 1. The highest BCUT2D eigenvalue weighted by Gasteiger charge is 2.28. The molecule has 1 aliphatic rings. The third kappa shape index (κ3) is 7.87. The quantitative estimate of drug-likeness (QED) is 0.548. The maximum Gasteiger partial charge on any atom is 0.422 e. The van der Waals surface area contributed by atoms with Crippen molar-refractivity contribution in [2.45, 2.75) is 12.7 Å². The summed E-state index contributed by atoms with van der Waals surface area (Å²) in [7, 11) is 1.66. The minimum absolute atomic E-state index is 0.0584. The Labute approximate surface area is 150 Å². The van der Waals surface area contributed by atoms with E-state index in [9.17, 15) is 13.2 Å². The Bertz CT molecular complexity index is 577. The highest BCUT2D eigenvalue weighted by Crippen LogP contribution is 2.17. The number of pyridine rings is 1. The first-order valence-corrected chi connectivity index (χ1v) is 8.35.